The van der Waals surface area contributed by atoms with Gasteiger partial charge in [-0.2, -0.15) is 0 Å². The second-order valence-corrected chi connectivity index (χ2v) is 9.03. The summed E-state index contributed by atoms with van der Waals surface area (Å²) in [5.41, 5.74) is 1.42. The predicted octanol–water partition coefficient (Wildman–Crippen LogP) is 3.53. The number of H-pyrrole nitrogens is 1. The molecule has 0 unspecified atom stereocenters. The molecule has 0 radical (unpaired) electrons. The summed E-state index contributed by atoms with van der Waals surface area (Å²) in [4.78, 5) is 45.7. The number of nitrogens with zero attached hydrogens (tertiary/aromatic N) is 3. The van der Waals surface area contributed by atoms with Gasteiger partial charge in [0.25, 0.3) is 5.56 Å². The van der Waals surface area contributed by atoms with Crippen molar-refractivity contribution in [1.29, 1.82) is 0 Å². The SMILES string of the molecule is CCCn1c(=O)c2[nH]c(C3CCCC3)nc2n(CCCc2ccc(OCC(=O)OCC)cc2)c1=O. The molecule has 0 aliphatic heterocycles. The van der Waals surface area contributed by atoms with E-state index in [4.69, 9.17) is 14.5 Å². The molecule has 4 rings (SSSR count). The number of carbonyl (C=O) groups excluding carboxylic acids is 1. The van der Waals surface area contributed by atoms with Gasteiger partial charge in [-0.15, -0.1) is 0 Å². The van der Waals surface area contributed by atoms with Crippen LogP contribution in [0.15, 0.2) is 33.9 Å². The standard InChI is InChI=1S/C26H34N4O5/c1-3-15-30-25(32)22-24(28-23(27-22)19-9-5-6-10-19)29(26(30)33)16-7-8-18-11-13-20(14-12-18)35-17-21(31)34-4-2/h11-14,19H,3-10,15-17H2,1-2H3,(H,27,28). The molecule has 1 N–H and O–H groups in total. The third-order valence-electron chi connectivity index (χ3n) is 6.50. The van der Waals surface area contributed by atoms with Crippen LogP contribution in [0.5, 0.6) is 5.75 Å². The number of carbonyl (C=O) groups is 1. The van der Waals surface area contributed by atoms with E-state index in [0.717, 1.165) is 30.7 Å². The number of ether oxygens (including phenoxy) is 2. The second kappa shape index (κ2) is 11.4. The van der Waals surface area contributed by atoms with E-state index in [1.54, 1.807) is 11.5 Å². The lowest BCUT2D eigenvalue weighted by Gasteiger charge is -2.11. The van der Waals surface area contributed by atoms with Crippen LogP contribution >= 0.6 is 0 Å². The van der Waals surface area contributed by atoms with Crippen LogP contribution < -0.4 is 16.0 Å². The number of benzene rings is 1. The first-order valence-electron chi connectivity index (χ1n) is 12.6. The maximum absolute atomic E-state index is 13.2. The third kappa shape index (κ3) is 5.66. The number of aromatic nitrogens is 4. The van der Waals surface area contributed by atoms with Crippen molar-refractivity contribution in [3.63, 3.8) is 0 Å². The number of hydrogen-bond acceptors (Lipinski definition) is 6. The highest BCUT2D eigenvalue weighted by Gasteiger charge is 2.23. The molecule has 2 heterocycles. The molecule has 188 valence electrons. The molecule has 9 heteroatoms. The quantitative estimate of drug-likeness (QED) is 0.419. The first kappa shape index (κ1) is 24.8. The summed E-state index contributed by atoms with van der Waals surface area (Å²) in [7, 11) is 0. The van der Waals surface area contributed by atoms with E-state index in [1.165, 1.54) is 17.4 Å². The topological polar surface area (TPSA) is 108 Å². The molecule has 0 bridgehead atoms. The van der Waals surface area contributed by atoms with E-state index in [-0.39, 0.29) is 17.9 Å². The second-order valence-electron chi connectivity index (χ2n) is 9.03. The van der Waals surface area contributed by atoms with Gasteiger partial charge >= 0.3 is 11.7 Å². The van der Waals surface area contributed by atoms with Gasteiger partial charge in [0.05, 0.1) is 6.61 Å². The maximum Gasteiger partial charge on any atom is 0.344 e. The molecule has 35 heavy (non-hydrogen) atoms. The Labute approximate surface area is 204 Å². The number of hydrogen-bond donors (Lipinski definition) is 1. The molecule has 0 saturated heterocycles. The zero-order valence-electron chi connectivity index (χ0n) is 20.5. The molecule has 9 nitrogen and oxygen atoms in total. The summed E-state index contributed by atoms with van der Waals surface area (Å²) in [5.74, 6) is 1.36. The van der Waals surface area contributed by atoms with Gasteiger partial charge in [0, 0.05) is 19.0 Å². The largest absolute Gasteiger partial charge is 0.482 e. The van der Waals surface area contributed by atoms with E-state index in [0.29, 0.717) is 55.4 Å². The molecule has 3 aromatic rings. The molecular formula is C26H34N4O5. The van der Waals surface area contributed by atoms with Crippen molar-refractivity contribution in [2.75, 3.05) is 13.2 Å². The Morgan fingerprint density at radius 2 is 1.83 bits per heavy atom. The number of esters is 1. The monoisotopic (exact) mass is 482 g/mol. The van der Waals surface area contributed by atoms with Gasteiger partial charge in [0.15, 0.2) is 12.3 Å². The summed E-state index contributed by atoms with van der Waals surface area (Å²) in [6, 6.07) is 7.54. The van der Waals surface area contributed by atoms with Crippen LogP contribution in [0.1, 0.15) is 69.7 Å². The highest BCUT2D eigenvalue weighted by atomic mass is 16.6. The summed E-state index contributed by atoms with van der Waals surface area (Å²) in [6.07, 6.45) is 6.63. The fourth-order valence-corrected chi connectivity index (χ4v) is 4.74. The number of nitrogens with one attached hydrogen (secondary N) is 1. The fourth-order valence-electron chi connectivity index (χ4n) is 4.74. The number of rotatable bonds is 11. The first-order chi connectivity index (χ1) is 17.0. The van der Waals surface area contributed by atoms with E-state index >= 15 is 0 Å². The Morgan fingerprint density at radius 1 is 1.09 bits per heavy atom. The van der Waals surface area contributed by atoms with Gasteiger partial charge in [0.1, 0.15) is 17.1 Å². The average molecular weight is 483 g/mol. The Hall–Kier alpha value is -3.36. The number of aryl methyl sites for hydroxylation is 2. The van der Waals surface area contributed by atoms with Crippen molar-refractivity contribution in [3.8, 4) is 5.75 Å². The van der Waals surface area contributed by atoms with Gasteiger partial charge in [-0.3, -0.25) is 13.9 Å². The number of aromatic amines is 1. The van der Waals surface area contributed by atoms with Crippen molar-refractivity contribution >= 4 is 17.1 Å². The lowest BCUT2D eigenvalue weighted by Crippen LogP contribution is -2.40. The molecule has 0 atom stereocenters. The Balaban J connectivity index is 1.49. The van der Waals surface area contributed by atoms with Gasteiger partial charge < -0.3 is 14.5 Å². The van der Waals surface area contributed by atoms with Gasteiger partial charge in [-0.25, -0.2) is 14.6 Å². The minimum atomic E-state index is -0.396. The van der Waals surface area contributed by atoms with Gasteiger partial charge in [0.2, 0.25) is 0 Å². The molecule has 0 amide bonds. The molecule has 1 aromatic carbocycles. The zero-order chi connectivity index (χ0) is 24.8. The fraction of sp³-hybridized carbons (Fsp3) is 0.538. The van der Waals surface area contributed by atoms with Crippen LogP contribution in [0.2, 0.25) is 0 Å². The molecule has 1 aliphatic rings. The van der Waals surface area contributed by atoms with E-state index in [9.17, 15) is 14.4 Å². The summed E-state index contributed by atoms with van der Waals surface area (Å²) in [5, 5.41) is 0. The molecule has 1 fully saturated rings. The molecule has 1 aliphatic carbocycles. The minimum absolute atomic E-state index is 0.119. The third-order valence-corrected chi connectivity index (χ3v) is 6.50. The van der Waals surface area contributed by atoms with Crippen LogP contribution in [0.3, 0.4) is 0 Å². The van der Waals surface area contributed by atoms with Gasteiger partial charge in [-0.05, 0) is 56.7 Å². The summed E-state index contributed by atoms with van der Waals surface area (Å²) < 4.78 is 13.3. The summed E-state index contributed by atoms with van der Waals surface area (Å²) >= 11 is 0. The van der Waals surface area contributed by atoms with Crippen molar-refractivity contribution in [3.05, 3.63) is 56.5 Å². The minimum Gasteiger partial charge on any atom is -0.482 e. The van der Waals surface area contributed by atoms with Crippen LogP contribution in [0.4, 0.5) is 0 Å². The Kier molecular flexibility index (Phi) is 8.05. The van der Waals surface area contributed by atoms with Crippen LogP contribution in [-0.2, 0) is 29.0 Å². The van der Waals surface area contributed by atoms with E-state index in [1.807, 2.05) is 31.2 Å². The predicted molar refractivity (Wildman–Crippen MR) is 133 cm³/mol. The number of fused-ring (bicyclic) bond motifs is 1. The van der Waals surface area contributed by atoms with E-state index < -0.39 is 5.97 Å². The van der Waals surface area contributed by atoms with Crippen molar-refractivity contribution in [2.45, 2.75) is 77.8 Å². The molecular weight excluding hydrogens is 448 g/mol. The Morgan fingerprint density at radius 3 is 2.51 bits per heavy atom. The molecule has 2 aromatic heterocycles. The van der Waals surface area contributed by atoms with Crippen molar-refractivity contribution in [1.82, 2.24) is 19.1 Å². The van der Waals surface area contributed by atoms with Crippen LogP contribution in [0, 0.1) is 0 Å². The van der Waals surface area contributed by atoms with Crippen LogP contribution in [0.25, 0.3) is 11.2 Å². The molecule has 1 saturated carbocycles. The lowest BCUT2D eigenvalue weighted by molar-refractivity contribution is -0.145. The Bertz CT molecular complexity index is 1270. The zero-order valence-corrected chi connectivity index (χ0v) is 20.5. The smallest absolute Gasteiger partial charge is 0.344 e. The lowest BCUT2D eigenvalue weighted by atomic mass is 10.1. The van der Waals surface area contributed by atoms with E-state index in [2.05, 4.69) is 4.98 Å². The highest BCUT2D eigenvalue weighted by molar-refractivity contribution is 5.71. The number of imidazole rings is 1. The van der Waals surface area contributed by atoms with Crippen molar-refractivity contribution in [2.24, 2.45) is 0 Å². The van der Waals surface area contributed by atoms with Crippen LogP contribution in [-0.4, -0.2) is 38.3 Å². The normalized spacial score (nSPS) is 14.0. The maximum atomic E-state index is 13.2. The molecule has 0 spiro atoms. The van der Waals surface area contributed by atoms with Gasteiger partial charge in [-0.1, -0.05) is 31.9 Å². The summed E-state index contributed by atoms with van der Waals surface area (Å²) in [6.45, 7) is 4.77. The highest BCUT2D eigenvalue weighted by Crippen LogP contribution is 2.32. The average Bonchev–Trinajstić information content (AvgIpc) is 3.54. The first-order valence-corrected chi connectivity index (χ1v) is 12.6. The van der Waals surface area contributed by atoms with Crippen molar-refractivity contribution < 1.29 is 14.3 Å².